The smallest absolute Gasteiger partial charge is 0.373 e. The van der Waals surface area contributed by atoms with Crippen molar-refractivity contribution in [2.24, 2.45) is 5.92 Å². The van der Waals surface area contributed by atoms with Crippen LogP contribution >= 0.6 is 0 Å². The Hall–Kier alpha value is -1.46. The molecule has 0 bridgehead atoms. The van der Waals surface area contributed by atoms with Gasteiger partial charge in [0.1, 0.15) is 11.6 Å². The minimum absolute atomic E-state index is 0.0816. The van der Waals surface area contributed by atoms with E-state index in [1.165, 1.54) is 0 Å². The number of alkyl halides is 3. The first-order chi connectivity index (χ1) is 9.22. The molecule has 1 rings (SSSR count). The van der Waals surface area contributed by atoms with Crippen LogP contribution in [-0.4, -0.2) is 18.1 Å². The van der Waals surface area contributed by atoms with Crippen LogP contribution in [0.3, 0.4) is 0 Å². The van der Waals surface area contributed by atoms with E-state index in [9.17, 15) is 13.2 Å². The Morgan fingerprint density at radius 1 is 1.10 bits per heavy atom. The van der Waals surface area contributed by atoms with Crippen LogP contribution in [0.15, 0.2) is 12.1 Å². The van der Waals surface area contributed by atoms with Gasteiger partial charge in [-0.2, -0.15) is 13.2 Å². The zero-order valence-electron chi connectivity index (χ0n) is 12.3. The number of hydrogen-bond acceptors (Lipinski definition) is 3. The van der Waals surface area contributed by atoms with Gasteiger partial charge in [0.25, 0.3) is 0 Å². The second-order valence-corrected chi connectivity index (χ2v) is 5.39. The maximum atomic E-state index is 12.8. The van der Waals surface area contributed by atoms with Crippen LogP contribution in [0.2, 0.25) is 0 Å². The average molecular weight is 289 g/mol. The van der Waals surface area contributed by atoms with E-state index in [2.05, 4.69) is 29.5 Å². The van der Waals surface area contributed by atoms with E-state index in [1.807, 2.05) is 6.92 Å². The summed E-state index contributed by atoms with van der Waals surface area (Å²) in [6.45, 7) is 6.19. The van der Waals surface area contributed by atoms with Gasteiger partial charge in [0.05, 0.1) is 5.56 Å². The number of pyridine rings is 1. The Labute approximate surface area is 118 Å². The SMILES string of the molecule is CNc1cc(C(F)(F)F)cc(NC(C)CCC(C)C)n1. The first-order valence-electron chi connectivity index (χ1n) is 6.76. The second kappa shape index (κ2) is 6.81. The molecule has 6 heteroatoms. The lowest BCUT2D eigenvalue weighted by molar-refractivity contribution is -0.137. The van der Waals surface area contributed by atoms with Gasteiger partial charge >= 0.3 is 6.18 Å². The maximum Gasteiger partial charge on any atom is 0.416 e. The molecular formula is C14H22F3N3. The molecule has 0 saturated carbocycles. The number of aromatic nitrogens is 1. The quantitative estimate of drug-likeness (QED) is 0.816. The van der Waals surface area contributed by atoms with Gasteiger partial charge in [0, 0.05) is 13.1 Å². The van der Waals surface area contributed by atoms with Gasteiger partial charge in [-0.1, -0.05) is 13.8 Å². The fourth-order valence-corrected chi connectivity index (χ4v) is 1.80. The average Bonchev–Trinajstić information content (AvgIpc) is 2.34. The molecule has 1 heterocycles. The van der Waals surface area contributed by atoms with Crippen molar-refractivity contribution in [3.63, 3.8) is 0 Å². The predicted molar refractivity (Wildman–Crippen MR) is 75.9 cm³/mol. The van der Waals surface area contributed by atoms with Crippen LogP contribution in [0.25, 0.3) is 0 Å². The van der Waals surface area contributed by atoms with E-state index in [4.69, 9.17) is 0 Å². The molecular weight excluding hydrogens is 267 g/mol. The molecule has 0 radical (unpaired) electrons. The van der Waals surface area contributed by atoms with Crippen LogP contribution < -0.4 is 10.6 Å². The topological polar surface area (TPSA) is 37.0 Å². The monoisotopic (exact) mass is 289 g/mol. The molecule has 114 valence electrons. The molecule has 1 aromatic rings. The summed E-state index contributed by atoms with van der Waals surface area (Å²) in [7, 11) is 1.55. The number of halogens is 3. The van der Waals surface area contributed by atoms with Crippen LogP contribution in [0.5, 0.6) is 0 Å². The fourth-order valence-electron chi connectivity index (χ4n) is 1.80. The van der Waals surface area contributed by atoms with E-state index in [1.54, 1.807) is 7.05 Å². The third-order valence-corrected chi connectivity index (χ3v) is 2.98. The second-order valence-electron chi connectivity index (χ2n) is 5.39. The molecule has 1 atom stereocenters. The zero-order chi connectivity index (χ0) is 15.3. The van der Waals surface area contributed by atoms with Gasteiger partial charge < -0.3 is 10.6 Å². The highest BCUT2D eigenvalue weighted by Crippen LogP contribution is 2.32. The Bertz CT molecular complexity index is 430. The Morgan fingerprint density at radius 2 is 1.70 bits per heavy atom. The van der Waals surface area contributed by atoms with E-state index in [0.717, 1.165) is 25.0 Å². The van der Waals surface area contributed by atoms with Crippen LogP contribution in [0.1, 0.15) is 39.2 Å². The van der Waals surface area contributed by atoms with E-state index in [-0.39, 0.29) is 17.7 Å². The van der Waals surface area contributed by atoms with Crippen molar-refractivity contribution in [3.8, 4) is 0 Å². The molecule has 0 aliphatic carbocycles. The molecule has 2 N–H and O–H groups in total. The van der Waals surface area contributed by atoms with Crippen molar-refractivity contribution in [2.75, 3.05) is 17.7 Å². The lowest BCUT2D eigenvalue weighted by atomic mass is 10.0. The number of anilines is 2. The lowest BCUT2D eigenvalue weighted by Gasteiger charge is -2.17. The van der Waals surface area contributed by atoms with E-state index >= 15 is 0 Å². The highest BCUT2D eigenvalue weighted by Gasteiger charge is 2.31. The van der Waals surface area contributed by atoms with Crippen molar-refractivity contribution in [1.29, 1.82) is 0 Å². The van der Waals surface area contributed by atoms with Gasteiger partial charge in [0.15, 0.2) is 0 Å². The summed E-state index contributed by atoms with van der Waals surface area (Å²) < 4.78 is 38.4. The standard InChI is InChI=1S/C14H22F3N3/c1-9(2)5-6-10(3)19-13-8-11(14(15,16)17)7-12(18-4)20-13/h7-10H,5-6H2,1-4H3,(H2,18,19,20). The molecule has 0 fully saturated rings. The highest BCUT2D eigenvalue weighted by molar-refractivity contribution is 5.49. The van der Waals surface area contributed by atoms with E-state index in [0.29, 0.717) is 5.92 Å². The summed E-state index contributed by atoms with van der Waals surface area (Å²) in [6, 6.07) is 2.13. The lowest BCUT2D eigenvalue weighted by Crippen LogP contribution is -2.18. The molecule has 0 saturated heterocycles. The minimum Gasteiger partial charge on any atom is -0.373 e. The molecule has 0 aromatic carbocycles. The summed E-state index contributed by atoms with van der Waals surface area (Å²) in [6.07, 6.45) is -2.46. The largest absolute Gasteiger partial charge is 0.416 e. The molecule has 0 spiro atoms. The number of hydrogen-bond donors (Lipinski definition) is 2. The summed E-state index contributed by atoms with van der Waals surface area (Å²) in [5, 5.41) is 5.69. The number of nitrogens with one attached hydrogen (secondary N) is 2. The first kappa shape index (κ1) is 16.6. The molecule has 3 nitrogen and oxygen atoms in total. The number of nitrogens with zero attached hydrogens (tertiary/aromatic N) is 1. The molecule has 1 aromatic heterocycles. The number of rotatable bonds is 6. The predicted octanol–water partition coefficient (Wildman–Crippen LogP) is 4.38. The van der Waals surface area contributed by atoms with Gasteiger partial charge in [-0.15, -0.1) is 0 Å². The maximum absolute atomic E-state index is 12.8. The van der Waals surface area contributed by atoms with Crippen LogP contribution in [-0.2, 0) is 6.18 Å². The van der Waals surface area contributed by atoms with Crippen LogP contribution in [0.4, 0.5) is 24.8 Å². The van der Waals surface area contributed by atoms with Crippen molar-refractivity contribution in [1.82, 2.24) is 4.98 Å². The van der Waals surface area contributed by atoms with Gasteiger partial charge in [-0.3, -0.25) is 0 Å². The Morgan fingerprint density at radius 3 is 2.20 bits per heavy atom. The van der Waals surface area contributed by atoms with E-state index < -0.39 is 11.7 Å². The fraction of sp³-hybridized carbons (Fsp3) is 0.643. The first-order valence-corrected chi connectivity index (χ1v) is 6.76. The third kappa shape index (κ3) is 5.27. The Balaban J connectivity index is 2.84. The highest BCUT2D eigenvalue weighted by atomic mass is 19.4. The van der Waals surface area contributed by atoms with Crippen molar-refractivity contribution < 1.29 is 13.2 Å². The third-order valence-electron chi connectivity index (χ3n) is 2.98. The molecule has 1 unspecified atom stereocenters. The van der Waals surface area contributed by atoms with Gasteiger partial charge in [0.2, 0.25) is 0 Å². The molecule has 0 amide bonds. The summed E-state index contributed by atoms with van der Waals surface area (Å²) in [5.74, 6) is 1.03. The minimum atomic E-state index is -4.37. The normalized spacial score (nSPS) is 13.4. The molecule has 0 aliphatic rings. The zero-order valence-corrected chi connectivity index (χ0v) is 12.3. The van der Waals surface area contributed by atoms with Crippen molar-refractivity contribution in [3.05, 3.63) is 17.7 Å². The summed E-state index contributed by atoms with van der Waals surface area (Å²) in [4.78, 5) is 4.11. The van der Waals surface area contributed by atoms with Crippen LogP contribution in [0, 0.1) is 5.92 Å². The van der Waals surface area contributed by atoms with Crippen molar-refractivity contribution >= 4 is 11.6 Å². The summed E-state index contributed by atoms with van der Waals surface area (Å²) >= 11 is 0. The molecule has 20 heavy (non-hydrogen) atoms. The molecule has 0 aliphatic heterocycles. The van der Waals surface area contributed by atoms with Gasteiger partial charge in [-0.05, 0) is 37.8 Å². The Kier molecular flexibility index (Phi) is 5.65. The van der Waals surface area contributed by atoms with Gasteiger partial charge in [-0.25, -0.2) is 4.98 Å². The summed E-state index contributed by atoms with van der Waals surface area (Å²) in [5.41, 5.74) is -0.699. The van der Waals surface area contributed by atoms with Crippen molar-refractivity contribution in [2.45, 2.75) is 45.8 Å².